The van der Waals surface area contributed by atoms with Gasteiger partial charge >= 0.3 is 0 Å². The fraction of sp³-hybridized carbons (Fsp3) is 1.00. The second-order valence-electron chi connectivity index (χ2n) is 3.23. The summed E-state index contributed by atoms with van der Waals surface area (Å²) in [6.45, 7) is 8.41. The molecule has 0 amide bonds. The molecular weight excluding hydrogens is 204 g/mol. The minimum atomic E-state index is 0.668. The van der Waals surface area contributed by atoms with E-state index in [1.807, 2.05) is 0 Å². The van der Waals surface area contributed by atoms with Crippen molar-refractivity contribution < 1.29 is 4.74 Å². The van der Waals surface area contributed by atoms with Crippen molar-refractivity contribution in [2.45, 2.75) is 27.2 Å². The summed E-state index contributed by atoms with van der Waals surface area (Å²) >= 11 is 3.49. The molecule has 0 radical (unpaired) electrons. The van der Waals surface area contributed by atoms with Gasteiger partial charge in [0.2, 0.25) is 0 Å². The Morgan fingerprint density at radius 2 is 2.00 bits per heavy atom. The van der Waals surface area contributed by atoms with Gasteiger partial charge in [-0.25, -0.2) is 0 Å². The van der Waals surface area contributed by atoms with E-state index in [1.165, 1.54) is 0 Å². The summed E-state index contributed by atoms with van der Waals surface area (Å²) < 4.78 is 5.47. The van der Waals surface area contributed by atoms with Crippen molar-refractivity contribution in [1.29, 1.82) is 0 Å². The van der Waals surface area contributed by atoms with E-state index >= 15 is 0 Å². The lowest BCUT2D eigenvalue weighted by Gasteiger charge is -2.17. The maximum absolute atomic E-state index is 5.47. The van der Waals surface area contributed by atoms with Crippen LogP contribution in [-0.2, 0) is 4.74 Å². The summed E-state index contributed by atoms with van der Waals surface area (Å²) in [6.07, 6.45) is 1.12. The maximum atomic E-state index is 5.47. The van der Waals surface area contributed by atoms with E-state index in [4.69, 9.17) is 4.74 Å². The molecule has 0 aromatic heterocycles. The van der Waals surface area contributed by atoms with E-state index in [9.17, 15) is 0 Å². The quantitative estimate of drug-likeness (QED) is 0.496. The standard InChI is InChI=1S/C9H19BrO/c1-4-5-11-7-9(6-10)8(2)3/h8-9H,4-7H2,1-3H3. The van der Waals surface area contributed by atoms with Crippen LogP contribution in [0.15, 0.2) is 0 Å². The Hall–Kier alpha value is 0.440. The minimum Gasteiger partial charge on any atom is -0.381 e. The molecule has 0 fully saturated rings. The predicted molar refractivity (Wildman–Crippen MR) is 53.2 cm³/mol. The molecule has 68 valence electrons. The lowest BCUT2D eigenvalue weighted by Crippen LogP contribution is -2.17. The first-order valence-electron chi connectivity index (χ1n) is 4.36. The van der Waals surface area contributed by atoms with Crippen LogP contribution in [0.2, 0.25) is 0 Å². The van der Waals surface area contributed by atoms with Gasteiger partial charge in [-0.05, 0) is 18.3 Å². The SMILES string of the molecule is CCCOCC(CBr)C(C)C. The van der Waals surface area contributed by atoms with E-state index in [1.54, 1.807) is 0 Å². The minimum absolute atomic E-state index is 0.668. The molecule has 0 heterocycles. The zero-order valence-electron chi connectivity index (χ0n) is 7.77. The Morgan fingerprint density at radius 1 is 1.36 bits per heavy atom. The molecule has 1 unspecified atom stereocenters. The number of halogens is 1. The van der Waals surface area contributed by atoms with Crippen LogP contribution in [-0.4, -0.2) is 18.5 Å². The monoisotopic (exact) mass is 222 g/mol. The Bertz CT molecular complexity index is 83.6. The van der Waals surface area contributed by atoms with Crippen molar-refractivity contribution in [3.63, 3.8) is 0 Å². The number of hydrogen-bond acceptors (Lipinski definition) is 1. The van der Waals surface area contributed by atoms with Gasteiger partial charge in [0, 0.05) is 11.9 Å². The first kappa shape index (κ1) is 11.4. The molecule has 1 nitrogen and oxygen atoms in total. The first-order valence-corrected chi connectivity index (χ1v) is 5.48. The van der Waals surface area contributed by atoms with Crippen LogP contribution >= 0.6 is 15.9 Å². The zero-order valence-corrected chi connectivity index (χ0v) is 9.36. The van der Waals surface area contributed by atoms with Gasteiger partial charge in [0.05, 0.1) is 6.61 Å². The topological polar surface area (TPSA) is 9.23 Å². The molecule has 2 heteroatoms. The third-order valence-electron chi connectivity index (χ3n) is 1.82. The van der Waals surface area contributed by atoms with E-state index in [2.05, 4.69) is 36.7 Å². The largest absolute Gasteiger partial charge is 0.381 e. The number of alkyl halides is 1. The molecule has 0 aliphatic rings. The summed E-state index contributed by atoms with van der Waals surface area (Å²) in [5.74, 6) is 1.38. The predicted octanol–water partition coefficient (Wildman–Crippen LogP) is 3.08. The van der Waals surface area contributed by atoms with Crippen LogP contribution in [0.4, 0.5) is 0 Å². The summed E-state index contributed by atoms with van der Waals surface area (Å²) in [6, 6.07) is 0. The summed E-state index contributed by atoms with van der Waals surface area (Å²) in [7, 11) is 0. The molecule has 0 aliphatic heterocycles. The first-order chi connectivity index (χ1) is 5.22. The van der Waals surface area contributed by atoms with Crippen LogP contribution < -0.4 is 0 Å². The molecule has 11 heavy (non-hydrogen) atoms. The van der Waals surface area contributed by atoms with Crippen LogP contribution in [0.3, 0.4) is 0 Å². The fourth-order valence-electron chi connectivity index (χ4n) is 0.794. The summed E-state index contributed by atoms with van der Waals surface area (Å²) in [5.41, 5.74) is 0. The molecule has 0 N–H and O–H groups in total. The van der Waals surface area contributed by atoms with Crippen molar-refractivity contribution in [2.24, 2.45) is 11.8 Å². The third kappa shape index (κ3) is 5.68. The second kappa shape index (κ2) is 7.11. The number of ether oxygens (including phenoxy) is 1. The lowest BCUT2D eigenvalue weighted by atomic mass is 9.99. The van der Waals surface area contributed by atoms with Gasteiger partial charge in [-0.3, -0.25) is 0 Å². The molecule has 0 aliphatic carbocycles. The van der Waals surface area contributed by atoms with Gasteiger partial charge in [-0.2, -0.15) is 0 Å². The highest BCUT2D eigenvalue weighted by Crippen LogP contribution is 2.13. The molecule has 0 aromatic carbocycles. The van der Waals surface area contributed by atoms with Crippen molar-refractivity contribution in [3.8, 4) is 0 Å². The molecule has 0 saturated carbocycles. The normalized spacial score (nSPS) is 13.9. The molecule has 0 aromatic rings. The van der Waals surface area contributed by atoms with Crippen molar-refractivity contribution in [2.75, 3.05) is 18.5 Å². The van der Waals surface area contributed by atoms with Crippen LogP contribution in [0.5, 0.6) is 0 Å². The highest BCUT2D eigenvalue weighted by Gasteiger charge is 2.10. The lowest BCUT2D eigenvalue weighted by molar-refractivity contribution is 0.0924. The van der Waals surface area contributed by atoms with Crippen molar-refractivity contribution in [1.82, 2.24) is 0 Å². The molecule has 0 rings (SSSR count). The summed E-state index contributed by atoms with van der Waals surface area (Å²) in [4.78, 5) is 0. The van der Waals surface area contributed by atoms with Crippen LogP contribution in [0.1, 0.15) is 27.2 Å². The van der Waals surface area contributed by atoms with E-state index in [0.717, 1.165) is 25.0 Å². The zero-order chi connectivity index (χ0) is 8.69. The number of hydrogen-bond donors (Lipinski definition) is 0. The van der Waals surface area contributed by atoms with Crippen molar-refractivity contribution in [3.05, 3.63) is 0 Å². The average molecular weight is 223 g/mol. The van der Waals surface area contributed by atoms with E-state index in [0.29, 0.717) is 11.8 Å². The maximum Gasteiger partial charge on any atom is 0.0504 e. The van der Waals surface area contributed by atoms with Crippen molar-refractivity contribution >= 4 is 15.9 Å². The highest BCUT2D eigenvalue weighted by atomic mass is 79.9. The van der Waals surface area contributed by atoms with Crippen LogP contribution in [0, 0.1) is 11.8 Å². The van der Waals surface area contributed by atoms with E-state index in [-0.39, 0.29) is 0 Å². The van der Waals surface area contributed by atoms with Gasteiger partial charge < -0.3 is 4.74 Å². The molecule has 0 spiro atoms. The van der Waals surface area contributed by atoms with Gasteiger partial charge in [0.1, 0.15) is 0 Å². The molecule has 0 bridgehead atoms. The third-order valence-corrected chi connectivity index (χ3v) is 2.65. The molecular formula is C9H19BrO. The van der Waals surface area contributed by atoms with Gasteiger partial charge in [0.15, 0.2) is 0 Å². The molecule has 0 saturated heterocycles. The molecule has 1 atom stereocenters. The Morgan fingerprint density at radius 3 is 2.36 bits per heavy atom. The number of rotatable bonds is 6. The Kier molecular flexibility index (Phi) is 7.39. The average Bonchev–Trinajstić information content (AvgIpc) is 1.97. The Balaban J connectivity index is 3.36. The highest BCUT2D eigenvalue weighted by molar-refractivity contribution is 9.09. The van der Waals surface area contributed by atoms with E-state index < -0.39 is 0 Å². The van der Waals surface area contributed by atoms with Gasteiger partial charge in [-0.1, -0.05) is 36.7 Å². The fourth-order valence-corrected chi connectivity index (χ4v) is 1.73. The smallest absolute Gasteiger partial charge is 0.0504 e. The second-order valence-corrected chi connectivity index (χ2v) is 3.88. The van der Waals surface area contributed by atoms with Gasteiger partial charge in [0.25, 0.3) is 0 Å². The summed E-state index contributed by atoms with van der Waals surface area (Å²) in [5, 5.41) is 1.05. The Labute approximate surface area is 78.6 Å². The van der Waals surface area contributed by atoms with Crippen LogP contribution in [0.25, 0.3) is 0 Å². The van der Waals surface area contributed by atoms with Gasteiger partial charge in [-0.15, -0.1) is 0 Å².